The van der Waals surface area contributed by atoms with Crippen LogP contribution in [0.1, 0.15) is 0 Å². The lowest BCUT2D eigenvalue weighted by molar-refractivity contribution is 0.481. The molecule has 5 rings (SSSR count). The van der Waals surface area contributed by atoms with E-state index in [4.69, 9.17) is 4.42 Å². The van der Waals surface area contributed by atoms with Gasteiger partial charge in [0.15, 0.2) is 5.58 Å². The molecule has 106 valence electrons. The lowest BCUT2D eigenvalue weighted by atomic mass is 10.00. The molecular formula is C18H10O4. The third-order valence-electron chi connectivity index (χ3n) is 3.75. The van der Waals surface area contributed by atoms with Crippen LogP contribution in [0.25, 0.3) is 33.1 Å². The SMILES string of the molecule is O=c1cc(O)c2cccc3oc1c(-c1ccccc1)c(=O)c32. The van der Waals surface area contributed by atoms with Crippen LogP contribution < -0.4 is 10.9 Å². The summed E-state index contributed by atoms with van der Waals surface area (Å²) in [7, 11) is 0. The zero-order chi connectivity index (χ0) is 15.3. The molecule has 0 fully saturated rings. The summed E-state index contributed by atoms with van der Waals surface area (Å²) >= 11 is 0. The molecule has 2 aromatic heterocycles. The Hall–Kier alpha value is -3.14. The summed E-state index contributed by atoms with van der Waals surface area (Å²) < 4.78 is 5.66. The Kier molecular flexibility index (Phi) is 2.53. The van der Waals surface area contributed by atoms with Crippen LogP contribution in [0.15, 0.2) is 68.6 Å². The lowest BCUT2D eigenvalue weighted by Crippen LogP contribution is -2.12. The molecule has 2 heterocycles. The Morgan fingerprint density at radius 2 is 1.68 bits per heavy atom. The molecule has 0 unspecified atom stereocenters. The predicted molar refractivity (Wildman–Crippen MR) is 84.5 cm³/mol. The molecule has 4 heteroatoms. The number of aromatic hydroxyl groups is 1. The van der Waals surface area contributed by atoms with Crippen LogP contribution in [0.3, 0.4) is 0 Å². The van der Waals surface area contributed by atoms with E-state index in [0.717, 1.165) is 6.07 Å². The van der Waals surface area contributed by atoms with Crippen molar-refractivity contribution in [2.75, 3.05) is 0 Å². The second kappa shape index (κ2) is 4.43. The Balaban J connectivity index is 2.37. The van der Waals surface area contributed by atoms with Gasteiger partial charge in [0.2, 0.25) is 10.9 Å². The van der Waals surface area contributed by atoms with Crippen LogP contribution in [0.2, 0.25) is 0 Å². The average Bonchev–Trinajstić information content (AvgIpc) is 2.54. The van der Waals surface area contributed by atoms with Crippen LogP contribution in [-0.2, 0) is 0 Å². The van der Waals surface area contributed by atoms with Gasteiger partial charge in [-0.25, -0.2) is 0 Å². The highest BCUT2D eigenvalue weighted by Gasteiger charge is 2.18. The van der Waals surface area contributed by atoms with Gasteiger partial charge in [0.05, 0.1) is 10.9 Å². The molecule has 4 nitrogen and oxygen atoms in total. The highest BCUT2D eigenvalue weighted by Crippen LogP contribution is 2.29. The van der Waals surface area contributed by atoms with Crippen molar-refractivity contribution >= 4 is 21.9 Å². The molecule has 0 aliphatic heterocycles. The molecule has 0 radical (unpaired) electrons. The summed E-state index contributed by atoms with van der Waals surface area (Å²) in [5, 5.41) is 10.7. The van der Waals surface area contributed by atoms with Crippen molar-refractivity contribution < 1.29 is 9.52 Å². The molecule has 5 aromatic rings. The van der Waals surface area contributed by atoms with Gasteiger partial charge in [0.1, 0.15) is 11.3 Å². The minimum atomic E-state index is -0.526. The second-order valence-corrected chi connectivity index (χ2v) is 5.07. The molecule has 0 saturated heterocycles. The summed E-state index contributed by atoms with van der Waals surface area (Å²) in [6, 6.07) is 14.9. The first-order valence-electron chi connectivity index (χ1n) is 6.77. The van der Waals surface area contributed by atoms with E-state index in [1.165, 1.54) is 0 Å². The van der Waals surface area contributed by atoms with Gasteiger partial charge < -0.3 is 9.52 Å². The maximum absolute atomic E-state index is 12.9. The Labute approximate surface area is 124 Å². The average molecular weight is 290 g/mol. The predicted octanol–water partition coefficient (Wildman–Crippen LogP) is 3.12. The van der Waals surface area contributed by atoms with Crippen molar-refractivity contribution in [1.82, 2.24) is 0 Å². The van der Waals surface area contributed by atoms with Crippen LogP contribution in [0.4, 0.5) is 0 Å². The van der Waals surface area contributed by atoms with E-state index in [1.54, 1.807) is 42.5 Å². The first-order chi connectivity index (χ1) is 10.7. The summed E-state index contributed by atoms with van der Waals surface area (Å²) in [6.07, 6.45) is 0. The lowest BCUT2D eigenvalue weighted by Gasteiger charge is -2.08. The van der Waals surface area contributed by atoms with Crippen LogP contribution in [0.5, 0.6) is 5.75 Å². The smallest absolute Gasteiger partial charge is 0.225 e. The van der Waals surface area contributed by atoms with Gasteiger partial charge in [0.25, 0.3) is 0 Å². The van der Waals surface area contributed by atoms with Gasteiger partial charge in [-0.05, 0) is 11.6 Å². The molecule has 4 bridgehead atoms. The van der Waals surface area contributed by atoms with Crippen molar-refractivity contribution in [3.63, 3.8) is 0 Å². The van der Waals surface area contributed by atoms with Crippen LogP contribution in [-0.4, -0.2) is 5.11 Å². The molecule has 0 spiro atoms. The molecule has 0 aliphatic rings. The van der Waals surface area contributed by atoms with Gasteiger partial charge in [-0.1, -0.05) is 42.5 Å². The van der Waals surface area contributed by atoms with Crippen molar-refractivity contribution in [2.45, 2.75) is 0 Å². The number of fused-ring (bicyclic) bond motifs is 3. The zero-order valence-electron chi connectivity index (χ0n) is 11.4. The highest BCUT2D eigenvalue weighted by atomic mass is 16.3. The van der Waals surface area contributed by atoms with Gasteiger partial charge >= 0.3 is 0 Å². The van der Waals surface area contributed by atoms with E-state index in [1.807, 2.05) is 6.07 Å². The van der Waals surface area contributed by atoms with E-state index >= 15 is 0 Å². The first kappa shape index (κ1) is 12.6. The summed E-state index contributed by atoms with van der Waals surface area (Å²) in [6.45, 7) is 0. The van der Waals surface area contributed by atoms with Crippen molar-refractivity contribution in [3.05, 3.63) is 75.0 Å². The van der Waals surface area contributed by atoms with E-state index < -0.39 is 5.43 Å². The molecular weight excluding hydrogens is 280 g/mol. The van der Waals surface area contributed by atoms with Gasteiger partial charge in [0, 0.05) is 11.5 Å². The number of hydrogen-bond donors (Lipinski definition) is 1. The van der Waals surface area contributed by atoms with E-state index in [-0.39, 0.29) is 27.7 Å². The van der Waals surface area contributed by atoms with Crippen LogP contribution in [0, 0.1) is 0 Å². The fourth-order valence-corrected chi connectivity index (χ4v) is 2.76. The van der Waals surface area contributed by atoms with Crippen molar-refractivity contribution in [2.24, 2.45) is 0 Å². The Morgan fingerprint density at radius 1 is 0.909 bits per heavy atom. The van der Waals surface area contributed by atoms with Crippen LogP contribution >= 0.6 is 0 Å². The third-order valence-corrected chi connectivity index (χ3v) is 3.75. The monoisotopic (exact) mass is 290 g/mol. The maximum atomic E-state index is 12.9. The molecule has 1 N–H and O–H groups in total. The van der Waals surface area contributed by atoms with E-state index in [2.05, 4.69) is 0 Å². The Morgan fingerprint density at radius 3 is 2.45 bits per heavy atom. The number of rotatable bonds is 1. The minimum Gasteiger partial charge on any atom is -0.507 e. The first-order valence-corrected chi connectivity index (χ1v) is 6.77. The fraction of sp³-hybridized carbons (Fsp3) is 0. The second-order valence-electron chi connectivity index (χ2n) is 5.07. The molecule has 22 heavy (non-hydrogen) atoms. The maximum Gasteiger partial charge on any atom is 0.225 e. The minimum absolute atomic E-state index is 0.0490. The molecule has 0 atom stereocenters. The zero-order valence-corrected chi connectivity index (χ0v) is 11.4. The molecule has 0 saturated carbocycles. The quantitative estimate of drug-likeness (QED) is 0.585. The Bertz CT molecular complexity index is 1110. The van der Waals surface area contributed by atoms with Gasteiger partial charge in [-0.15, -0.1) is 0 Å². The summed E-state index contributed by atoms with van der Waals surface area (Å²) in [4.78, 5) is 25.3. The van der Waals surface area contributed by atoms with Gasteiger partial charge in [-0.2, -0.15) is 0 Å². The number of benzene rings is 2. The topological polar surface area (TPSA) is 67.5 Å². The molecule has 0 aliphatic carbocycles. The third kappa shape index (κ3) is 1.64. The standard InChI is InChI=1S/C18H10O4/c19-12-9-13(20)18-15(10-5-2-1-3-6-10)17(21)16-11(12)7-4-8-14(16)22-18/h1-9,19H. The number of hydrogen-bond acceptors (Lipinski definition) is 4. The summed E-state index contributed by atoms with van der Waals surface area (Å²) in [5.41, 5.74) is 0.255. The largest absolute Gasteiger partial charge is 0.507 e. The van der Waals surface area contributed by atoms with E-state index in [0.29, 0.717) is 16.5 Å². The normalized spacial score (nSPS) is 11.3. The summed E-state index contributed by atoms with van der Waals surface area (Å²) in [5.74, 6) is -0.219. The fourth-order valence-electron chi connectivity index (χ4n) is 2.76. The molecule has 0 amide bonds. The molecule has 3 aromatic carbocycles. The van der Waals surface area contributed by atoms with E-state index in [9.17, 15) is 14.7 Å². The van der Waals surface area contributed by atoms with Crippen molar-refractivity contribution in [3.8, 4) is 16.9 Å². The van der Waals surface area contributed by atoms with Gasteiger partial charge in [-0.3, -0.25) is 9.59 Å². The van der Waals surface area contributed by atoms with Crippen molar-refractivity contribution in [1.29, 1.82) is 0 Å². The highest BCUT2D eigenvalue weighted by molar-refractivity contribution is 6.02.